The molecule has 0 amide bonds. The van der Waals surface area contributed by atoms with E-state index in [0.717, 1.165) is 12.6 Å². The van der Waals surface area contributed by atoms with E-state index >= 15 is 0 Å². The van der Waals surface area contributed by atoms with Crippen LogP contribution < -0.4 is 10.6 Å². The molecule has 94 valence electrons. The van der Waals surface area contributed by atoms with Crippen molar-refractivity contribution in [2.45, 2.75) is 45.6 Å². The number of para-hydroxylation sites is 1. The summed E-state index contributed by atoms with van der Waals surface area (Å²) in [6, 6.07) is 7.20. The van der Waals surface area contributed by atoms with Gasteiger partial charge in [-0.15, -0.1) is 0 Å². The maximum absolute atomic E-state index is 3.59. The van der Waals surface area contributed by atoms with Crippen LogP contribution in [0.4, 0.5) is 5.69 Å². The summed E-state index contributed by atoms with van der Waals surface area (Å²) >= 11 is 0. The lowest BCUT2D eigenvalue weighted by atomic mass is 10.0. The molecule has 0 radical (unpaired) electrons. The van der Waals surface area contributed by atoms with Gasteiger partial charge in [-0.25, -0.2) is 0 Å². The fraction of sp³-hybridized carbons (Fsp3) is 0.600. The number of aryl methyl sites for hydroxylation is 2. The highest BCUT2D eigenvalue weighted by Gasteiger charge is 2.11. The Morgan fingerprint density at radius 3 is 2.65 bits per heavy atom. The second-order valence-electron chi connectivity index (χ2n) is 5.13. The van der Waals surface area contributed by atoms with Crippen LogP contribution in [0.1, 0.15) is 36.8 Å². The van der Waals surface area contributed by atoms with Crippen molar-refractivity contribution in [1.82, 2.24) is 5.32 Å². The third-order valence-electron chi connectivity index (χ3n) is 3.69. The van der Waals surface area contributed by atoms with Crippen LogP contribution in [0.5, 0.6) is 0 Å². The molecular weight excluding hydrogens is 208 g/mol. The maximum atomic E-state index is 3.59. The number of anilines is 1. The second kappa shape index (κ2) is 6.06. The van der Waals surface area contributed by atoms with Crippen molar-refractivity contribution in [1.29, 1.82) is 0 Å². The first-order chi connectivity index (χ1) is 8.27. The highest BCUT2D eigenvalue weighted by Crippen LogP contribution is 2.19. The highest BCUT2D eigenvalue weighted by molar-refractivity contribution is 5.56. The lowest BCUT2D eigenvalue weighted by molar-refractivity contribution is 0.389. The van der Waals surface area contributed by atoms with Gasteiger partial charge in [0.2, 0.25) is 0 Å². The molecule has 0 bridgehead atoms. The Hall–Kier alpha value is -1.02. The molecule has 1 saturated heterocycles. The first kappa shape index (κ1) is 12.4. The standard InChI is InChI=1S/C15H24N2/c1-12-6-5-7-13(2)15(12)17-11-9-14-8-3-4-10-16-14/h5-7,14,16-17H,3-4,8-11H2,1-2H3. The first-order valence-electron chi connectivity index (χ1n) is 6.81. The number of nitrogens with one attached hydrogen (secondary N) is 2. The van der Waals surface area contributed by atoms with Crippen LogP contribution in [0.15, 0.2) is 18.2 Å². The van der Waals surface area contributed by atoms with Crippen molar-refractivity contribution in [3.63, 3.8) is 0 Å². The molecule has 1 aromatic carbocycles. The van der Waals surface area contributed by atoms with Gasteiger partial charge in [0, 0.05) is 18.3 Å². The van der Waals surface area contributed by atoms with Crippen molar-refractivity contribution in [3.8, 4) is 0 Å². The first-order valence-corrected chi connectivity index (χ1v) is 6.81. The zero-order valence-corrected chi connectivity index (χ0v) is 11.1. The van der Waals surface area contributed by atoms with Gasteiger partial charge in [-0.05, 0) is 50.8 Å². The van der Waals surface area contributed by atoms with Gasteiger partial charge in [0.05, 0.1) is 0 Å². The van der Waals surface area contributed by atoms with Gasteiger partial charge in [-0.2, -0.15) is 0 Å². The molecule has 2 rings (SSSR count). The lowest BCUT2D eigenvalue weighted by Crippen LogP contribution is -2.35. The predicted octanol–water partition coefficient (Wildman–Crippen LogP) is 3.25. The number of hydrogen-bond donors (Lipinski definition) is 2. The van der Waals surface area contributed by atoms with Gasteiger partial charge in [-0.3, -0.25) is 0 Å². The Labute approximate surface area is 105 Å². The van der Waals surface area contributed by atoms with E-state index in [2.05, 4.69) is 42.7 Å². The fourth-order valence-electron chi connectivity index (χ4n) is 2.64. The molecule has 0 aromatic heterocycles. The summed E-state index contributed by atoms with van der Waals surface area (Å²) in [6.45, 7) is 6.62. The fourth-order valence-corrected chi connectivity index (χ4v) is 2.64. The smallest absolute Gasteiger partial charge is 0.0399 e. The molecule has 1 unspecified atom stereocenters. The monoisotopic (exact) mass is 232 g/mol. The Balaban J connectivity index is 1.81. The van der Waals surface area contributed by atoms with Crippen molar-refractivity contribution in [2.24, 2.45) is 0 Å². The van der Waals surface area contributed by atoms with E-state index in [1.807, 2.05) is 0 Å². The van der Waals surface area contributed by atoms with Gasteiger partial charge >= 0.3 is 0 Å². The van der Waals surface area contributed by atoms with Crippen LogP contribution in [0.3, 0.4) is 0 Å². The lowest BCUT2D eigenvalue weighted by Gasteiger charge is -2.24. The van der Waals surface area contributed by atoms with E-state index in [1.54, 1.807) is 0 Å². The summed E-state index contributed by atoms with van der Waals surface area (Å²) in [6.07, 6.45) is 5.31. The summed E-state index contributed by atoms with van der Waals surface area (Å²) in [5, 5.41) is 7.18. The molecule has 0 saturated carbocycles. The summed E-state index contributed by atoms with van der Waals surface area (Å²) in [4.78, 5) is 0. The number of piperidine rings is 1. The van der Waals surface area contributed by atoms with Crippen LogP contribution in [-0.2, 0) is 0 Å². The molecule has 1 atom stereocenters. The summed E-state index contributed by atoms with van der Waals surface area (Å²) in [7, 11) is 0. The summed E-state index contributed by atoms with van der Waals surface area (Å²) in [5.74, 6) is 0. The van der Waals surface area contributed by atoms with Gasteiger partial charge in [0.25, 0.3) is 0 Å². The summed E-state index contributed by atoms with van der Waals surface area (Å²) < 4.78 is 0. The molecule has 1 aliphatic rings. The summed E-state index contributed by atoms with van der Waals surface area (Å²) in [5.41, 5.74) is 4.02. The Bertz CT molecular complexity index is 334. The molecule has 1 aliphatic heterocycles. The molecular formula is C15H24N2. The van der Waals surface area contributed by atoms with Crippen LogP contribution in [0.25, 0.3) is 0 Å². The van der Waals surface area contributed by atoms with E-state index in [1.165, 1.54) is 49.0 Å². The predicted molar refractivity (Wildman–Crippen MR) is 74.7 cm³/mol. The van der Waals surface area contributed by atoms with Gasteiger partial charge in [0.1, 0.15) is 0 Å². The molecule has 1 heterocycles. The average Bonchev–Trinajstić information content (AvgIpc) is 2.34. The van der Waals surface area contributed by atoms with E-state index < -0.39 is 0 Å². The van der Waals surface area contributed by atoms with Crippen molar-refractivity contribution < 1.29 is 0 Å². The van der Waals surface area contributed by atoms with Gasteiger partial charge in [-0.1, -0.05) is 24.6 Å². The molecule has 0 aliphatic carbocycles. The molecule has 2 N–H and O–H groups in total. The third-order valence-corrected chi connectivity index (χ3v) is 3.69. The van der Waals surface area contributed by atoms with Crippen molar-refractivity contribution in [3.05, 3.63) is 29.3 Å². The number of rotatable bonds is 4. The third kappa shape index (κ3) is 3.47. The molecule has 2 heteroatoms. The van der Waals surface area contributed by atoms with E-state index in [9.17, 15) is 0 Å². The molecule has 2 nitrogen and oxygen atoms in total. The highest BCUT2D eigenvalue weighted by atomic mass is 14.9. The zero-order valence-electron chi connectivity index (χ0n) is 11.1. The Morgan fingerprint density at radius 1 is 1.24 bits per heavy atom. The minimum atomic E-state index is 0.723. The average molecular weight is 232 g/mol. The van der Waals surface area contributed by atoms with Crippen LogP contribution in [-0.4, -0.2) is 19.1 Å². The van der Waals surface area contributed by atoms with E-state index in [4.69, 9.17) is 0 Å². The number of benzene rings is 1. The van der Waals surface area contributed by atoms with Crippen LogP contribution in [0.2, 0.25) is 0 Å². The SMILES string of the molecule is Cc1cccc(C)c1NCCC1CCCCN1. The van der Waals surface area contributed by atoms with Gasteiger partial charge in [0.15, 0.2) is 0 Å². The van der Waals surface area contributed by atoms with E-state index in [0.29, 0.717) is 0 Å². The van der Waals surface area contributed by atoms with E-state index in [-0.39, 0.29) is 0 Å². The van der Waals surface area contributed by atoms with Crippen LogP contribution >= 0.6 is 0 Å². The minimum absolute atomic E-state index is 0.723. The molecule has 0 spiro atoms. The maximum Gasteiger partial charge on any atom is 0.0399 e. The molecule has 1 fully saturated rings. The Morgan fingerprint density at radius 2 is 2.00 bits per heavy atom. The minimum Gasteiger partial charge on any atom is -0.385 e. The molecule has 1 aromatic rings. The van der Waals surface area contributed by atoms with Crippen molar-refractivity contribution >= 4 is 5.69 Å². The molecule has 17 heavy (non-hydrogen) atoms. The largest absolute Gasteiger partial charge is 0.385 e. The zero-order chi connectivity index (χ0) is 12.1. The number of hydrogen-bond acceptors (Lipinski definition) is 2. The Kier molecular flexibility index (Phi) is 4.43. The topological polar surface area (TPSA) is 24.1 Å². The van der Waals surface area contributed by atoms with Gasteiger partial charge < -0.3 is 10.6 Å². The quantitative estimate of drug-likeness (QED) is 0.832. The van der Waals surface area contributed by atoms with Crippen LogP contribution in [0, 0.1) is 13.8 Å². The van der Waals surface area contributed by atoms with Crippen molar-refractivity contribution in [2.75, 3.05) is 18.4 Å². The second-order valence-corrected chi connectivity index (χ2v) is 5.13. The normalized spacial score (nSPS) is 20.2.